The molecule has 3 heterocycles. The molecule has 2 aliphatic heterocycles. The Labute approximate surface area is 179 Å². The second-order valence-electron chi connectivity index (χ2n) is 7.59. The molecule has 2 saturated heterocycles. The molecule has 158 valence electrons. The lowest BCUT2D eigenvalue weighted by Gasteiger charge is -2.45. The molecule has 2 aliphatic rings. The van der Waals surface area contributed by atoms with Gasteiger partial charge in [-0.1, -0.05) is 22.8 Å². The van der Waals surface area contributed by atoms with Crippen molar-refractivity contribution in [2.24, 2.45) is 0 Å². The third-order valence-electron chi connectivity index (χ3n) is 5.24. The monoisotopic (exact) mass is 452 g/mol. The minimum Gasteiger partial charge on any atom is -0.548 e. The lowest BCUT2D eigenvalue weighted by molar-refractivity contribution is -0.312. The van der Waals surface area contributed by atoms with Crippen LogP contribution in [0.5, 0.6) is 0 Å². The molecule has 2 amide bonds. The van der Waals surface area contributed by atoms with Gasteiger partial charge in [0, 0.05) is 4.75 Å². The van der Waals surface area contributed by atoms with E-state index in [1.54, 1.807) is 13.8 Å². The van der Waals surface area contributed by atoms with E-state index >= 15 is 0 Å². The van der Waals surface area contributed by atoms with Crippen molar-refractivity contribution in [3.63, 3.8) is 0 Å². The van der Waals surface area contributed by atoms with Gasteiger partial charge in [0.25, 0.3) is 5.91 Å². The van der Waals surface area contributed by atoms with Crippen LogP contribution in [0, 0.1) is 12.7 Å². The highest BCUT2D eigenvalue weighted by atomic mass is 35.5. The van der Waals surface area contributed by atoms with Crippen LogP contribution in [0.25, 0.3) is 11.3 Å². The Morgan fingerprint density at radius 2 is 2.10 bits per heavy atom. The Hall–Kier alpha value is -2.59. The Morgan fingerprint density at radius 1 is 1.40 bits per heavy atom. The topological polar surface area (TPSA) is 116 Å². The van der Waals surface area contributed by atoms with Gasteiger partial charge >= 0.3 is 0 Å². The summed E-state index contributed by atoms with van der Waals surface area (Å²) in [6.07, 6.45) is 0. The van der Waals surface area contributed by atoms with Crippen molar-refractivity contribution in [1.29, 1.82) is 0 Å². The lowest BCUT2D eigenvalue weighted by Crippen LogP contribution is -2.71. The van der Waals surface area contributed by atoms with Crippen LogP contribution in [0.3, 0.4) is 0 Å². The van der Waals surface area contributed by atoms with E-state index in [0.29, 0.717) is 0 Å². The largest absolute Gasteiger partial charge is 0.548 e. The van der Waals surface area contributed by atoms with E-state index in [1.807, 2.05) is 0 Å². The molecule has 4 rings (SSSR count). The zero-order valence-electron chi connectivity index (χ0n) is 16.1. The number of hydrogen-bond acceptors (Lipinski definition) is 7. The molecule has 3 atom stereocenters. The van der Waals surface area contributed by atoms with Gasteiger partial charge in [0.1, 0.15) is 34.3 Å². The summed E-state index contributed by atoms with van der Waals surface area (Å²) < 4.78 is 18.7. The van der Waals surface area contributed by atoms with Gasteiger partial charge in [0.05, 0.1) is 22.6 Å². The number of carboxylic acid groups (broad SMARTS) is 1. The number of rotatable bonds is 4. The van der Waals surface area contributed by atoms with E-state index in [-0.39, 0.29) is 27.6 Å². The number of nitrogens with one attached hydrogen (secondary N) is 1. The molecule has 0 bridgehead atoms. The number of thioether (sulfide) groups is 1. The number of β-lactam (4-membered cyclic amide) rings is 1. The number of carbonyl (C=O) groups is 3. The van der Waals surface area contributed by atoms with Crippen LogP contribution in [0.1, 0.15) is 30.0 Å². The molecule has 1 aromatic carbocycles. The van der Waals surface area contributed by atoms with E-state index in [0.717, 1.165) is 0 Å². The van der Waals surface area contributed by atoms with Gasteiger partial charge in [0.15, 0.2) is 0 Å². The molecular formula is C19H16ClFN3O5S-. The van der Waals surface area contributed by atoms with E-state index in [9.17, 15) is 23.9 Å². The number of hydrogen-bond donors (Lipinski definition) is 1. The predicted molar refractivity (Wildman–Crippen MR) is 104 cm³/mol. The van der Waals surface area contributed by atoms with Gasteiger partial charge in [-0.25, -0.2) is 4.39 Å². The number of halogens is 2. The second kappa shape index (κ2) is 6.98. The van der Waals surface area contributed by atoms with E-state index in [2.05, 4.69) is 10.5 Å². The van der Waals surface area contributed by atoms with Gasteiger partial charge in [0.2, 0.25) is 5.91 Å². The quantitative estimate of drug-likeness (QED) is 0.696. The van der Waals surface area contributed by atoms with Crippen molar-refractivity contribution < 1.29 is 28.4 Å². The molecule has 0 unspecified atom stereocenters. The minimum atomic E-state index is -1.35. The molecule has 0 radical (unpaired) electrons. The third-order valence-corrected chi connectivity index (χ3v) is 7.13. The molecule has 30 heavy (non-hydrogen) atoms. The van der Waals surface area contributed by atoms with Crippen LogP contribution in [0.15, 0.2) is 22.7 Å². The molecule has 0 saturated carbocycles. The SMILES string of the molecule is Cc1onc(-c2c(F)cccc2Cl)c1C(=O)N[C@@H]1C(=O)N2[C@@H]1SC(C)(C)[C@H]2C(=O)[O-]. The molecule has 2 aromatic rings. The number of benzene rings is 1. The van der Waals surface area contributed by atoms with E-state index in [4.69, 9.17) is 16.1 Å². The average molecular weight is 453 g/mol. The maximum absolute atomic E-state index is 14.3. The first-order valence-electron chi connectivity index (χ1n) is 8.97. The highest BCUT2D eigenvalue weighted by Gasteiger charge is 2.62. The summed E-state index contributed by atoms with van der Waals surface area (Å²) in [5.41, 5.74) is -0.216. The van der Waals surface area contributed by atoms with Gasteiger partial charge in [-0.15, -0.1) is 11.8 Å². The van der Waals surface area contributed by atoms with E-state index < -0.39 is 45.8 Å². The highest BCUT2D eigenvalue weighted by molar-refractivity contribution is 8.01. The molecule has 0 aliphatic carbocycles. The number of carboxylic acids is 1. The van der Waals surface area contributed by atoms with Crippen molar-refractivity contribution in [2.45, 2.75) is 43.0 Å². The third kappa shape index (κ3) is 2.97. The molecule has 0 spiro atoms. The number of fused-ring (bicyclic) bond motifs is 1. The molecule has 8 nitrogen and oxygen atoms in total. The Balaban J connectivity index is 1.62. The summed E-state index contributed by atoms with van der Waals surface area (Å²) in [4.78, 5) is 38.3. The average Bonchev–Trinajstić information content (AvgIpc) is 3.14. The smallest absolute Gasteiger partial charge is 0.257 e. The van der Waals surface area contributed by atoms with Crippen molar-refractivity contribution in [1.82, 2.24) is 15.4 Å². The predicted octanol–water partition coefficient (Wildman–Crippen LogP) is 1.35. The molecular weight excluding hydrogens is 437 g/mol. The standard InChI is InChI=1S/C19H17ClFN3O5S/c1-7-10(12(23-29-7)11-8(20)5-4-6-9(11)21)15(25)22-13-16(26)24-14(18(27)28)19(2,3)30-17(13)24/h4-6,13-14,17H,1-3H3,(H,22,25)(H,27,28)/p-1/t13-,14-,17-/m1/s1. The van der Waals surface area contributed by atoms with Crippen molar-refractivity contribution in [2.75, 3.05) is 0 Å². The minimum absolute atomic E-state index is 0.0491. The number of carbonyl (C=O) groups excluding carboxylic acids is 3. The Morgan fingerprint density at radius 3 is 2.73 bits per heavy atom. The van der Waals surface area contributed by atoms with Gasteiger partial charge in [-0.2, -0.15) is 0 Å². The van der Waals surface area contributed by atoms with Crippen LogP contribution in [0.2, 0.25) is 5.02 Å². The number of amides is 2. The fourth-order valence-electron chi connectivity index (χ4n) is 3.87. The first kappa shape index (κ1) is 20.7. The van der Waals surface area contributed by atoms with Crippen molar-refractivity contribution in [3.8, 4) is 11.3 Å². The lowest BCUT2D eigenvalue weighted by atomic mass is 9.95. The number of aliphatic carboxylic acids is 1. The zero-order chi connectivity index (χ0) is 22.0. The van der Waals surface area contributed by atoms with Crippen LogP contribution in [-0.4, -0.2) is 50.0 Å². The van der Waals surface area contributed by atoms with Gasteiger partial charge in [-0.05, 0) is 32.9 Å². The molecule has 1 N–H and O–H groups in total. The summed E-state index contributed by atoms with van der Waals surface area (Å²) in [7, 11) is 0. The van der Waals surface area contributed by atoms with Gasteiger partial charge < -0.3 is 24.6 Å². The first-order valence-corrected chi connectivity index (χ1v) is 10.2. The van der Waals surface area contributed by atoms with Crippen molar-refractivity contribution >= 4 is 41.1 Å². The number of nitrogens with zero attached hydrogens (tertiary/aromatic N) is 2. The molecule has 1 aromatic heterocycles. The van der Waals surface area contributed by atoms with Crippen LogP contribution >= 0.6 is 23.4 Å². The summed E-state index contributed by atoms with van der Waals surface area (Å²) in [5, 5.41) is 17.4. The normalized spacial score (nSPS) is 24.4. The summed E-state index contributed by atoms with van der Waals surface area (Å²) in [6, 6.07) is 2.01. The second-order valence-corrected chi connectivity index (χ2v) is 9.77. The Bertz CT molecular complexity index is 1070. The maximum Gasteiger partial charge on any atom is 0.257 e. The summed E-state index contributed by atoms with van der Waals surface area (Å²) in [5.74, 6) is -3.13. The molecule has 11 heteroatoms. The number of aromatic nitrogens is 1. The van der Waals surface area contributed by atoms with E-state index in [1.165, 1.54) is 41.8 Å². The van der Waals surface area contributed by atoms with Crippen LogP contribution < -0.4 is 10.4 Å². The summed E-state index contributed by atoms with van der Waals surface area (Å²) >= 11 is 7.35. The highest BCUT2D eigenvalue weighted by Crippen LogP contribution is 2.50. The molecule has 2 fully saturated rings. The van der Waals surface area contributed by atoms with Crippen LogP contribution in [0.4, 0.5) is 4.39 Å². The Kier molecular flexibility index (Phi) is 4.81. The fourth-order valence-corrected chi connectivity index (χ4v) is 5.75. The zero-order valence-corrected chi connectivity index (χ0v) is 17.6. The van der Waals surface area contributed by atoms with Gasteiger partial charge in [-0.3, -0.25) is 9.59 Å². The fraction of sp³-hybridized carbons (Fsp3) is 0.368. The number of aryl methyl sites for hydroxylation is 1. The summed E-state index contributed by atoms with van der Waals surface area (Å²) in [6.45, 7) is 4.88. The van der Waals surface area contributed by atoms with Crippen molar-refractivity contribution in [3.05, 3.63) is 40.4 Å². The van der Waals surface area contributed by atoms with Crippen LogP contribution in [-0.2, 0) is 9.59 Å². The maximum atomic E-state index is 14.3. The first-order chi connectivity index (χ1) is 14.0.